The molecular formula is C25H32N2O2. The molecule has 7 rings (SSSR count). The van der Waals surface area contributed by atoms with Crippen molar-refractivity contribution in [2.75, 3.05) is 18.0 Å². The number of likely N-dealkylation sites (tertiary alicyclic amines) is 1. The van der Waals surface area contributed by atoms with Crippen LogP contribution in [0.4, 0.5) is 5.69 Å². The highest BCUT2D eigenvalue weighted by atomic mass is 16.2. The lowest BCUT2D eigenvalue weighted by molar-refractivity contribution is -0.160. The number of hydrogen-bond acceptors (Lipinski definition) is 2. The number of amides is 2. The van der Waals surface area contributed by atoms with E-state index in [-0.39, 0.29) is 17.4 Å². The van der Waals surface area contributed by atoms with Crippen LogP contribution < -0.4 is 4.90 Å². The van der Waals surface area contributed by atoms with E-state index in [1.54, 1.807) is 0 Å². The van der Waals surface area contributed by atoms with Gasteiger partial charge in [-0.3, -0.25) is 9.59 Å². The van der Waals surface area contributed by atoms with Crippen LogP contribution in [-0.4, -0.2) is 35.8 Å². The Balaban J connectivity index is 1.26. The van der Waals surface area contributed by atoms with E-state index < -0.39 is 0 Å². The molecule has 1 atom stereocenters. The third-order valence-corrected chi connectivity index (χ3v) is 8.67. The van der Waals surface area contributed by atoms with E-state index in [4.69, 9.17) is 0 Å². The minimum Gasteiger partial charge on any atom is -0.330 e. The number of carbonyl (C=O) groups excluding carboxylic acids is 2. The van der Waals surface area contributed by atoms with Crippen LogP contribution in [0.1, 0.15) is 63.4 Å². The molecule has 4 saturated carbocycles. The predicted octanol–water partition coefficient (Wildman–Crippen LogP) is 4.17. The smallest absolute Gasteiger partial charge is 0.249 e. The second-order valence-electron chi connectivity index (χ2n) is 10.6. The lowest BCUT2D eigenvalue weighted by Crippen LogP contribution is -2.57. The third kappa shape index (κ3) is 2.78. The van der Waals surface area contributed by atoms with Gasteiger partial charge in [-0.05, 0) is 93.6 Å². The number of rotatable bonds is 2. The topological polar surface area (TPSA) is 40.6 Å². The third-order valence-electron chi connectivity index (χ3n) is 8.67. The summed E-state index contributed by atoms with van der Waals surface area (Å²) >= 11 is 0. The molecule has 2 aliphatic heterocycles. The molecule has 1 aromatic carbocycles. The number of nitrogens with zero attached hydrogens (tertiary/aromatic N) is 2. The fourth-order valence-electron chi connectivity index (χ4n) is 7.89. The number of para-hydroxylation sites is 1. The Morgan fingerprint density at radius 3 is 2.31 bits per heavy atom. The molecule has 4 aliphatic carbocycles. The standard InChI is InChI=1S/C25H32N2O2/c28-23(26-9-3-6-20-5-1-2-7-21(20)26)22-8-4-10-27(22)24(29)25-14-17-11-18(15-25)13-19(12-17)16-25/h1-2,5,7,17-19,22H,3-4,6,8-16H2. The van der Waals surface area contributed by atoms with E-state index >= 15 is 0 Å². The van der Waals surface area contributed by atoms with Gasteiger partial charge in [-0.1, -0.05) is 18.2 Å². The van der Waals surface area contributed by atoms with E-state index in [2.05, 4.69) is 18.2 Å². The van der Waals surface area contributed by atoms with E-state index in [1.807, 2.05) is 15.9 Å². The van der Waals surface area contributed by atoms with Crippen molar-refractivity contribution in [2.45, 2.75) is 70.3 Å². The number of anilines is 1. The molecular weight excluding hydrogens is 360 g/mol. The van der Waals surface area contributed by atoms with Crippen LogP contribution >= 0.6 is 0 Å². The molecule has 5 fully saturated rings. The highest BCUT2D eigenvalue weighted by molar-refractivity contribution is 6.01. The van der Waals surface area contributed by atoms with E-state index in [0.29, 0.717) is 5.91 Å². The number of aryl methyl sites for hydroxylation is 1. The van der Waals surface area contributed by atoms with Gasteiger partial charge in [0.15, 0.2) is 0 Å². The van der Waals surface area contributed by atoms with Gasteiger partial charge in [-0.2, -0.15) is 0 Å². The summed E-state index contributed by atoms with van der Waals surface area (Å²) in [6.45, 7) is 1.55. The first kappa shape index (κ1) is 18.0. The maximum atomic E-state index is 13.9. The molecule has 4 bridgehead atoms. The van der Waals surface area contributed by atoms with Crippen LogP contribution in [0.15, 0.2) is 24.3 Å². The average molecular weight is 393 g/mol. The van der Waals surface area contributed by atoms with Crippen LogP contribution in [0.25, 0.3) is 0 Å². The molecule has 4 heteroatoms. The zero-order valence-electron chi connectivity index (χ0n) is 17.3. The van der Waals surface area contributed by atoms with Crippen molar-refractivity contribution in [1.29, 1.82) is 0 Å². The van der Waals surface area contributed by atoms with Crippen molar-refractivity contribution in [3.05, 3.63) is 29.8 Å². The number of benzene rings is 1. The first-order chi connectivity index (χ1) is 14.1. The zero-order valence-corrected chi connectivity index (χ0v) is 17.3. The summed E-state index contributed by atoms with van der Waals surface area (Å²) in [6, 6.07) is 8.05. The summed E-state index contributed by atoms with van der Waals surface area (Å²) in [7, 11) is 0. The van der Waals surface area contributed by atoms with Gasteiger partial charge in [0, 0.05) is 18.8 Å². The predicted molar refractivity (Wildman–Crippen MR) is 112 cm³/mol. The largest absolute Gasteiger partial charge is 0.330 e. The van der Waals surface area contributed by atoms with Crippen LogP contribution in [0.2, 0.25) is 0 Å². The Hall–Kier alpha value is -1.84. The molecule has 2 amide bonds. The van der Waals surface area contributed by atoms with Crippen molar-refractivity contribution in [3.63, 3.8) is 0 Å². The van der Waals surface area contributed by atoms with Crippen molar-refractivity contribution < 1.29 is 9.59 Å². The average Bonchev–Trinajstić information content (AvgIpc) is 3.21. The van der Waals surface area contributed by atoms with Gasteiger partial charge >= 0.3 is 0 Å². The summed E-state index contributed by atoms with van der Waals surface area (Å²) in [6.07, 6.45) is 11.1. The first-order valence-electron chi connectivity index (χ1n) is 11.8. The second kappa shape index (κ2) is 6.58. The van der Waals surface area contributed by atoms with Gasteiger partial charge in [-0.15, -0.1) is 0 Å². The number of fused-ring (bicyclic) bond motifs is 1. The SMILES string of the molecule is O=C(C1CCCN1C(=O)C12CC3CC(CC(C3)C1)C2)N1CCCc2ccccc21. The van der Waals surface area contributed by atoms with Gasteiger partial charge in [-0.25, -0.2) is 0 Å². The van der Waals surface area contributed by atoms with Crippen LogP contribution in [0, 0.1) is 23.2 Å². The molecule has 0 spiro atoms. The van der Waals surface area contributed by atoms with E-state index in [9.17, 15) is 9.59 Å². The normalized spacial score (nSPS) is 37.7. The van der Waals surface area contributed by atoms with Crippen molar-refractivity contribution in [2.24, 2.45) is 23.2 Å². The highest BCUT2D eigenvalue weighted by Gasteiger charge is 2.57. The molecule has 1 aromatic rings. The Morgan fingerprint density at radius 1 is 0.897 bits per heavy atom. The van der Waals surface area contributed by atoms with Crippen molar-refractivity contribution in [1.82, 2.24) is 4.90 Å². The molecule has 0 aromatic heterocycles. The monoisotopic (exact) mass is 392 g/mol. The summed E-state index contributed by atoms with van der Waals surface area (Å²) < 4.78 is 0. The molecule has 6 aliphatic rings. The molecule has 0 N–H and O–H groups in total. The van der Waals surface area contributed by atoms with Gasteiger partial charge < -0.3 is 9.80 Å². The zero-order chi connectivity index (χ0) is 19.6. The van der Waals surface area contributed by atoms with Crippen LogP contribution in [-0.2, 0) is 16.0 Å². The van der Waals surface area contributed by atoms with Crippen LogP contribution in [0.5, 0.6) is 0 Å². The maximum absolute atomic E-state index is 13.9. The minimum absolute atomic E-state index is 0.141. The molecule has 1 unspecified atom stereocenters. The van der Waals surface area contributed by atoms with Gasteiger partial charge in [0.05, 0.1) is 5.41 Å². The molecule has 2 heterocycles. The Labute approximate surface area is 173 Å². The summed E-state index contributed by atoms with van der Waals surface area (Å²) in [5.41, 5.74) is 2.19. The molecule has 4 nitrogen and oxygen atoms in total. The van der Waals surface area contributed by atoms with Crippen molar-refractivity contribution in [3.8, 4) is 0 Å². The van der Waals surface area contributed by atoms with E-state index in [1.165, 1.54) is 24.8 Å². The molecule has 1 saturated heterocycles. The molecule has 0 radical (unpaired) electrons. The van der Waals surface area contributed by atoms with Gasteiger partial charge in [0.25, 0.3) is 0 Å². The number of hydrogen-bond donors (Lipinski definition) is 0. The Kier molecular flexibility index (Phi) is 4.08. The van der Waals surface area contributed by atoms with Crippen LogP contribution in [0.3, 0.4) is 0 Å². The lowest BCUT2D eigenvalue weighted by Gasteiger charge is -2.56. The summed E-state index contributed by atoms with van der Waals surface area (Å²) in [5.74, 6) is 2.77. The first-order valence-corrected chi connectivity index (χ1v) is 11.8. The fraction of sp³-hybridized carbons (Fsp3) is 0.680. The quantitative estimate of drug-likeness (QED) is 0.758. The maximum Gasteiger partial charge on any atom is 0.249 e. The minimum atomic E-state index is -0.248. The van der Waals surface area contributed by atoms with Crippen molar-refractivity contribution >= 4 is 17.5 Å². The number of carbonyl (C=O) groups is 2. The fourth-order valence-corrected chi connectivity index (χ4v) is 7.89. The second-order valence-corrected chi connectivity index (χ2v) is 10.6. The van der Waals surface area contributed by atoms with E-state index in [0.717, 1.165) is 81.5 Å². The molecule has 29 heavy (non-hydrogen) atoms. The molecule has 154 valence electrons. The highest BCUT2D eigenvalue weighted by Crippen LogP contribution is 2.60. The Bertz CT molecular complexity index is 812. The Morgan fingerprint density at radius 2 is 1.59 bits per heavy atom. The summed E-state index contributed by atoms with van der Waals surface area (Å²) in [5, 5.41) is 0. The summed E-state index contributed by atoms with van der Waals surface area (Å²) in [4.78, 5) is 31.5. The van der Waals surface area contributed by atoms with Gasteiger partial charge in [0.2, 0.25) is 11.8 Å². The lowest BCUT2D eigenvalue weighted by atomic mass is 9.49. The van der Waals surface area contributed by atoms with Gasteiger partial charge in [0.1, 0.15) is 6.04 Å².